The van der Waals surface area contributed by atoms with Crippen LogP contribution < -0.4 is 11.2 Å². The maximum absolute atomic E-state index is 12.8. The molecule has 0 unspecified atom stereocenters. The number of piperidine rings is 1. The fourth-order valence-electron chi connectivity index (χ4n) is 4.03. The van der Waals surface area contributed by atoms with E-state index in [1.54, 1.807) is 17.9 Å². The summed E-state index contributed by atoms with van der Waals surface area (Å²) in [7, 11) is 0. The van der Waals surface area contributed by atoms with E-state index >= 15 is 0 Å². The molecule has 1 fully saturated rings. The molecule has 0 spiro atoms. The van der Waals surface area contributed by atoms with Crippen LogP contribution in [0, 0.1) is 0 Å². The second-order valence-corrected chi connectivity index (χ2v) is 8.62. The van der Waals surface area contributed by atoms with E-state index in [-0.39, 0.29) is 12.5 Å². The topological polar surface area (TPSA) is 124 Å². The van der Waals surface area contributed by atoms with Gasteiger partial charge in [0.05, 0.1) is 22.7 Å². The fourth-order valence-corrected chi connectivity index (χ4v) is 4.20. The van der Waals surface area contributed by atoms with Gasteiger partial charge < -0.3 is 15.0 Å². The van der Waals surface area contributed by atoms with E-state index in [0.717, 1.165) is 16.9 Å². The lowest BCUT2D eigenvalue weighted by molar-refractivity contribution is -0.138. The molecule has 164 valence electrons. The molecule has 2 aromatic heterocycles. The Morgan fingerprint density at radius 1 is 1.32 bits per heavy atom. The molecule has 0 radical (unpaired) electrons. The van der Waals surface area contributed by atoms with Crippen LogP contribution in [0.3, 0.4) is 0 Å². The second kappa shape index (κ2) is 8.32. The molecule has 3 heterocycles. The summed E-state index contributed by atoms with van der Waals surface area (Å²) in [6.45, 7) is 2.25. The number of imidazole rings is 1. The van der Waals surface area contributed by atoms with E-state index in [0.29, 0.717) is 37.3 Å². The van der Waals surface area contributed by atoms with Gasteiger partial charge in [-0.05, 0) is 38.0 Å². The third kappa shape index (κ3) is 4.57. The summed E-state index contributed by atoms with van der Waals surface area (Å²) in [5.41, 5.74) is -0.581. The number of nitrogens with zero attached hydrogens (tertiary/aromatic N) is 3. The Kier molecular flexibility index (Phi) is 5.72. The van der Waals surface area contributed by atoms with E-state index in [4.69, 9.17) is 11.6 Å². The number of hydrogen-bond donors (Lipinski definition) is 3. The molecule has 10 heteroatoms. The highest BCUT2D eigenvalue weighted by molar-refractivity contribution is 6.31. The maximum Gasteiger partial charge on any atom is 0.328 e. The third-order valence-electron chi connectivity index (χ3n) is 5.84. The highest BCUT2D eigenvalue weighted by atomic mass is 35.5. The number of likely N-dealkylation sites (tertiary alicyclic amines) is 1. The predicted molar refractivity (Wildman–Crippen MR) is 116 cm³/mol. The second-order valence-electron chi connectivity index (χ2n) is 8.18. The van der Waals surface area contributed by atoms with Gasteiger partial charge in [0.2, 0.25) is 5.91 Å². The lowest BCUT2D eigenvalue weighted by Crippen LogP contribution is -2.54. The smallest absolute Gasteiger partial charge is 0.328 e. The largest absolute Gasteiger partial charge is 0.388 e. The highest BCUT2D eigenvalue weighted by Crippen LogP contribution is 2.31. The van der Waals surface area contributed by atoms with Gasteiger partial charge in [-0.2, -0.15) is 0 Å². The molecular weight excluding hydrogens is 422 g/mol. The van der Waals surface area contributed by atoms with Gasteiger partial charge in [-0.15, -0.1) is 0 Å². The number of carbonyl (C=O) groups excluding carboxylic acids is 1. The van der Waals surface area contributed by atoms with Crippen molar-refractivity contribution in [3.05, 3.63) is 62.1 Å². The molecule has 31 heavy (non-hydrogen) atoms. The first-order valence-electron chi connectivity index (χ1n) is 10.2. The quantitative estimate of drug-likeness (QED) is 0.550. The molecule has 0 saturated carbocycles. The van der Waals surface area contributed by atoms with Crippen LogP contribution in [0.15, 0.2) is 40.1 Å². The Labute approximate surface area is 182 Å². The van der Waals surface area contributed by atoms with Gasteiger partial charge in [-0.1, -0.05) is 11.6 Å². The number of nitrogens with one attached hydrogen (secondary N) is 2. The first kappa shape index (κ1) is 21.3. The van der Waals surface area contributed by atoms with Crippen LogP contribution in [0.4, 0.5) is 0 Å². The number of H-pyrrole nitrogens is 2. The Morgan fingerprint density at radius 2 is 2.13 bits per heavy atom. The molecule has 1 aliphatic heterocycles. The first-order chi connectivity index (χ1) is 14.7. The van der Waals surface area contributed by atoms with Gasteiger partial charge in [0, 0.05) is 43.2 Å². The highest BCUT2D eigenvalue weighted by Gasteiger charge is 2.40. The predicted octanol–water partition coefficient (Wildman–Crippen LogP) is 1.61. The molecule has 9 nitrogen and oxygen atoms in total. The van der Waals surface area contributed by atoms with Crippen molar-refractivity contribution in [3.8, 4) is 0 Å². The van der Waals surface area contributed by atoms with Gasteiger partial charge in [-0.25, -0.2) is 9.78 Å². The molecule has 4 rings (SSSR count). The number of halogens is 1. The summed E-state index contributed by atoms with van der Waals surface area (Å²) in [6.07, 6.45) is 3.25. The van der Waals surface area contributed by atoms with Crippen molar-refractivity contribution in [2.45, 2.75) is 44.2 Å². The average Bonchev–Trinajstić information content (AvgIpc) is 3.10. The number of carbonyl (C=O) groups is 1. The van der Waals surface area contributed by atoms with Crippen molar-refractivity contribution in [1.82, 2.24) is 24.4 Å². The summed E-state index contributed by atoms with van der Waals surface area (Å²) < 4.78 is 1.29. The number of amides is 1. The van der Waals surface area contributed by atoms with Crippen LogP contribution in [0.2, 0.25) is 5.02 Å². The van der Waals surface area contributed by atoms with Crippen LogP contribution >= 0.6 is 11.6 Å². The van der Waals surface area contributed by atoms with E-state index in [1.807, 2.05) is 12.1 Å². The van der Waals surface area contributed by atoms with Crippen molar-refractivity contribution in [2.75, 3.05) is 13.1 Å². The lowest BCUT2D eigenvalue weighted by atomic mass is 9.88. The van der Waals surface area contributed by atoms with E-state index in [9.17, 15) is 19.5 Å². The van der Waals surface area contributed by atoms with Crippen molar-refractivity contribution in [1.29, 1.82) is 0 Å². The van der Waals surface area contributed by atoms with Gasteiger partial charge in [-0.3, -0.25) is 19.1 Å². The van der Waals surface area contributed by atoms with E-state index in [1.165, 1.54) is 16.8 Å². The number of hydrogen-bond acceptors (Lipinski definition) is 5. The summed E-state index contributed by atoms with van der Waals surface area (Å²) in [5.74, 6) is 0.751. The number of aromatic nitrogens is 4. The number of aromatic amines is 2. The van der Waals surface area contributed by atoms with Gasteiger partial charge in [0.25, 0.3) is 5.56 Å². The third-order valence-corrected chi connectivity index (χ3v) is 6.07. The molecular formula is C21H24ClN5O4. The van der Waals surface area contributed by atoms with Crippen LogP contribution in [0.25, 0.3) is 11.0 Å². The Morgan fingerprint density at radius 3 is 2.90 bits per heavy atom. The van der Waals surface area contributed by atoms with Crippen LogP contribution in [-0.2, 0) is 11.2 Å². The summed E-state index contributed by atoms with van der Waals surface area (Å²) in [6, 6.07) is 6.04. The van der Waals surface area contributed by atoms with Crippen molar-refractivity contribution >= 4 is 28.5 Å². The Bertz CT molecular complexity index is 1230. The molecule has 3 aromatic rings. The summed E-state index contributed by atoms with van der Waals surface area (Å²) >= 11 is 6.00. The molecule has 1 amide bonds. The molecule has 1 aromatic carbocycles. The van der Waals surface area contributed by atoms with Gasteiger partial charge in [0.15, 0.2) is 0 Å². The maximum atomic E-state index is 12.8. The molecule has 0 aliphatic carbocycles. The van der Waals surface area contributed by atoms with Crippen molar-refractivity contribution in [2.24, 2.45) is 0 Å². The number of fused-ring (bicyclic) bond motifs is 1. The van der Waals surface area contributed by atoms with Crippen molar-refractivity contribution < 1.29 is 9.90 Å². The molecule has 0 bridgehead atoms. The summed E-state index contributed by atoms with van der Waals surface area (Å²) in [5, 5.41) is 11.4. The first-order valence-corrected chi connectivity index (χ1v) is 10.6. The molecule has 1 saturated heterocycles. The monoisotopic (exact) mass is 445 g/mol. The SMILES string of the molecule is C[C@@]1(O)CCN(C(=O)CCCc2nc3ccc(Cl)cc3[nH]2)C[C@H]1n1ccc(=O)[nH]c1=O. The summed E-state index contributed by atoms with van der Waals surface area (Å²) in [4.78, 5) is 47.9. The minimum Gasteiger partial charge on any atom is -0.388 e. The Balaban J connectivity index is 1.39. The van der Waals surface area contributed by atoms with Crippen molar-refractivity contribution in [3.63, 3.8) is 0 Å². The zero-order valence-electron chi connectivity index (χ0n) is 17.1. The van der Waals surface area contributed by atoms with Gasteiger partial charge in [0.1, 0.15) is 5.82 Å². The zero-order chi connectivity index (χ0) is 22.2. The average molecular weight is 446 g/mol. The minimum absolute atomic E-state index is 0.0443. The Hall–Kier alpha value is -2.91. The van der Waals surface area contributed by atoms with Crippen LogP contribution in [-0.4, -0.2) is 54.1 Å². The minimum atomic E-state index is -1.17. The molecule has 1 aliphatic rings. The fraction of sp³-hybridized carbons (Fsp3) is 0.429. The number of aliphatic hydroxyl groups is 1. The number of rotatable bonds is 5. The normalized spacial score (nSPS) is 21.5. The van der Waals surface area contributed by atoms with E-state index in [2.05, 4.69) is 15.0 Å². The van der Waals surface area contributed by atoms with Crippen LogP contribution in [0.1, 0.15) is 38.1 Å². The lowest BCUT2D eigenvalue weighted by Gasteiger charge is -2.43. The van der Waals surface area contributed by atoms with E-state index < -0.39 is 22.9 Å². The molecule has 3 N–H and O–H groups in total. The van der Waals surface area contributed by atoms with Gasteiger partial charge >= 0.3 is 5.69 Å². The molecule has 2 atom stereocenters. The van der Waals surface area contributed by atoms with Crippen LogP contribution in [0.5, 0.6) is 0 Å². The zero-order valence-corrected chi connectivity index (χ0v) is 17.9. The number of aryl methyl sites for hydroxylation is 1. The standard InChI is InChI=1S/C21H24ClN5O4/c1-21(31)8-10-26(12-16(21)27-9-7-18(28)25-20(27)30)19(29)4-2-3-17-23-14-6-5-13(22)11-15(14)24-17/h5-7,9,11,16,31H,2-4,8,10,12H2,1H3,(H,23,24)(H,25,28,30)/t16-,21-/m1/s1. The number of benzene rings is 1.